The molecule has 1 spiro atoms. The minimum absolute atomic E-state index is 0.0798. The number of carbonyl (C=O) groups excluding carboxylic acids is 2. The molecule has 4 rings (SSSR count). The molecule has 1 N–H and O–H groups in total. The van der Waals surface area contributed by atoms with E-state index in [1.54, 1.807) is 14.5 Å². The molecule has 0 radical (unpaired) electrons. The van der Waals surface area contributed by atoms with Gasteiger partial charge in [0.25, 0.3) is 0 Å². The van der Waals surface area contributed by atoms with E-state index in [2.05, 4.69) is 17.3 Å². The summed E-state index contributed by atoms with van der Waals surface area (Å²) in [7, 11) is 3.66. The van der Waals surface area contributed by atoms with Crippen LogP contribution in [-0.4, -0.2) is 46.8 Å². The number of anilines is 2. The second kappa shape index (κ2) is 6.65. The number of nitrogens with zero attached hydrogens (tertiary/aromatic N) is 4. The number of likely N-dealkylation sites (tertiary alicyclic amines) is 1. The van der Waals surface area contributed by atoms with Gasteiger partial charge in [0.05, 0.1) is 11.1 Å². The molecule has 3 heterocycles. The molecule has 1 aromatic carbocycles. The molecule has 0 saturated carbocycles. The molecule has 2 aliphatic heterocycles. The van der Waals surface area contributed by atoms with Crippen molar-refractivity contribution in [1.82, 2.24) is 14.7 Å². The smallest absolute Gasteiger partial charge is 0.323 e. The number of aromatic nitrogens is 2. The van der Waals surface area contributed by atoms with E-state index < -0.39 is 5.41 Å². The van der Waals surface area contributed by atoms with Gasteiger partial charge < -0.3 is 9.80 Å². The first-order valence-electron chi connectivity index (χ1n) is 9.85. The van der Waals surface area contributed by atoms with Crippen LogP contribution in [0.25, 0.3) is 0 Å². The number of hydrogen-bond donors (Lipinski definition) is 1. The van der Waals surface area contributed by atoms with Crippen LogP contribution in [-0.2, 0) is 23.7 Å². The van der Waals surface area contributed by atoms with E-state index in [0.29, 0.717) is 13.1 Å². The topological polar surface area (TPSA) is 70.5 Å². The van der Waals surface area contributed by atoms with Crippen molar-refractivity contribution in [2.45, 2.75) is 38.5 Å². The van der Waals surface area contributed by atoms with Crippen LogP contribution in [0.1, 0.15) is 36.6 Å². The molecular weight excluding hydrogens is 354 g/mol. The number of amides is 3. The largest absolute Gasteiger partial charge is 0.323 e. The first-order valence-corrected chi connectivity index (χ1v) is 9.85. The maximum atomic E-state index is 13.2. The van der Waals surface area contributed by atoms with E-state index in [0.717, 1.165) is 47.6 Å². The molecule has 1 saturated heterocycles. The second-order valence-electron chi connectivity index (χ2n) is 7.82. The first kappa shape index (κ1) is 18.5. The Kier molecular flexibility index (Phi) is 4.40. The predicted octanol–water partition coefficient (Wildman–Crippen LogP) is 2.83. The number of para-hydroxylation sites is 1. The van der Waals surface area contributed by atoms with Gasteiger partial charge in [-0.3, -0.25) is 14.8 Å². The highest BCUT2D eigenvalue weighted by Gasteiger charge is 2.52. The van der Waals surface area contributed by atoms with E-state index in [1.807, 2.05) is 45.3 Å². The van der Waals surface area contributed by atoms with Crippen molar-refractivity contribution in [2.24, 2.45) is 7.05 Å². The van der Waals surface area contributed by atoms with Gasteiger partial charge in [-0.2, -0.15) is 5.10 Å². The van der Waals surface area contributed by atoms with E-state index in [4.69, 9.17) is 0 Å². The molecule has 7 heteroatoms. The first-order chi connectivity index (χ1) is 13.4. The van der Waals surface area contributed by atoms with E-state index in [-0.39, 0.29) is 11.9 Å². The zero-order valence-corrected chi connectivity index (χ0v) is 17.0. The maximum Gasteiger partial charge on any atom is 0.323 e. The normalized spacial score (nSPS) is 21.4. The molecule has 0 bridgehead atoms. The molecule has 3 amide bonds. The number of nitrogens with one attached hydrogen (secondary N) is 1. The second-order valence-corrected chi connectivity index (χ2v) is 7.82. The average molecular weight is 381 g/mol. The number of aryl methyl sites for hydroxylation is 2. The Hall–Kier alpha value is -2.83. The van der Waals surface area contributed by atoms with Crippen LogP contribution in [0.2, 0.25) is 0 Å². The Balaban J connectivity index is 1.61. The molecule has 7 nitrogen and oxygen atoms in total. The van der Waals surface area contributed by atoms with Gasteiger partial charge in [0.2, 0.25) is 5.91 Å². The minimum atomic E-state index is -0.642. The summed E-state index contributed by atoms with van der Waals surface area (Å²) in [6.07, 6.45) is 2.38. The Morgan fingerprint density at radius 2 is 2.04 bits per heavy atom. The van der Waals surface area contributed by atoms with Crippen LogP contribution in [0.15, 0.2) is 24.3 Å². The Morgan fingerprint density at radius 3 is 2.75 bits per heavy atom. The van der Waals surface area contributed by atoms with Crippen LogP contribution in [0.5, 0.6) is 0 Å². The average Bonchev–Trinajstić information content (AvgIpc) is 3.09. The highest BCUT2D eigenvalue weighted by molar-refractivity contribution is 6.08. The zero-order valence-electron chi connectivity index (χ0n) is 17.0. The van der Waals surface area contributed by atoms with Crippen LogP contribution in [0.4, 0.5) is 16.3 Å². The van der Waals surface area contributed by atoms with Gasteiger partial charge in [-0.1, -0.05) is 25.1 Å². The Morgan fingerprint density at radius 1 is 1.29 bits per heavy atom. The van der Waals surface area contributed by atoms with Crippen LogP contribution in [0, 0.1) is 6.92 Å². The molecule has 1 aromatic heterocycles. The third kappa shape index (κ3) is 2.60. The van der Waals surface area contributed by atoms with Gasteiger partial charge in [-0.15, -0.1) is 0 Å². The molecule has 1 atom stereocenters. The van der Waals surface area contributed by atoms with Gasteiger partial charge in [-0.25, -0.2) is 4.79 Å². The van der Waals surface area contributed by atoms with Gasteiger partial charge >= 0.3 is 6.03 Å². The lowest BCUT2D eigenvalue weighted by atomic mass is 9.75. The number of carbonyl (C=O) groups is 2. The summed E-state index contributed by atoms with van der Waals surface area (Å²) in [6.45, 7) is 5.07. The highest BCUT2D eigenvalue weighted by atomic mass is 16.2. The van der Waals surface area contributed by atoms with Crippen molar-refractivity contribution < 1.29 is 9.59 Å². The molecule has 2 aliphatic rings. The Bertz CT molecular complexity index is 950. The number of urea groups is 1. The maximum absolute atomic E-state index is 13.2. The highest BCUT2D eigenvalue weighted by Crippen LogP contribution is 2.46. The third-order valence-corrected chi connectivity index (χ3v) is 6.22. The summed E-state index contributed by atoms with van der Waals surface area (Å²) < 4.78 is 1.72. The van der Waals surface area contributed by atoms with Crippen LogP contribution in [0.3, 0.4) is 0 Å². The van der Waals surface area contributed by atoms with Crippen molar-refractivity contribution in [3.8, 4) is 0 Å². The number of fused-ring (bicyclic) bond motifs is 2. The van der Waals surface area contributed by atoms with Gasteiger partial charge in [0.1, 0.15) is 5.82 Å². The number of benzene rings is 1. The lowest BCUT2D eigenvalue weighted by Crippen LogP contribution is -2.54. The van der Waals surface area contributed by atoms with Crippen molar-refractivity contribution in [3.05, 3.63) is 41.1 Å². The van der Waals surface area contributed by atoms with Gasteiger partial charge in [-0.05, 0) is 37.8 Å². The quantitative estimate of drug-likeness (QED) is 0.870. The third-order valence-electron chi connectivity index (χ3n) is 6.22. The molecule has 28 heavy (non-hydrogen) atoms. The van der Waals surface area contributed by atoms with Crippen molar-refractivity contribution in [3.63, 3.8) is 0 Å². The van der Waals surface area contributed by atoms with Gasteiger partial charge in [0, 0.05) is 38.4 Å². The van der Waals surface area contributed by atoms with Gasteiger partial charge in [0.15, 0.2) is 0 Å². The van der Waals surface area contributed by atoms with Crippen molar-refractivity contribution in [2.75, 3.05) is 30.4 Å². The van der Waals surface area contributed by atoms with Crippen LogP contribution < -0.4 is 10.2 Å². The van der Waals surface area contributed by atoms with E-state index in [1.165, 1.54) is 0 Å². The van der Waals surface area contributed by atoms with Crippen LogP contribution >= 0.6 is 0 Å². The zero-order chi connectivity index (χ0) is 20.1. The molecule has 2 aromatic rings. The summed E-state index contributed by atoms with van der Waals surface area (Å²) >= 11 is 0. The summed E-state index contributed by atoms with van der Waals surface area (Å²) in [5.41, 5.74) is 3.31. The fourth-order valence-corrected chi connectivity index (χ4v) is 4.72. The lowest BCUT2D eigenvalue weighted by molar-refractivity contribution is -0.124. The van der Waals surface area contributed by atoms with Crippen molar-refractivity contribution in [1.29, 1.82) is 0 Å². The van der Waals surface area contributed by atoms with Crippen molar-refractivity contribution >= 4 is 23.4 Å². The predicted molar refractivity (Wildman–Crippen MR) is 109 cm³/mol. The fraction of sp³-hybridized carbons (Fsp3) is 0.476. The lowest BCUT2D eigenvalue weighted by Gasteiger charge is -2.39. The molecule has 0 aliphatic carbocycles. The fourth-order valence-electron chi connectivity index (χ4n) is 4.72. The monoisotopic (exact) mass is 381 g/mol. The number of piperidine rings is 1. The molecule has 1 fully saturated rings. The Labute approximate surface area is 165 Å². The minimum Gasteiger partial charge on any atom is -0.323 e. The number of rotatable bonds is 2. The molecular formula is C21H27N5O2. The number of hydrogen-bond acceptors (Lipinski definition) is 3. The van der Waals surface area contributed by atoms with E-state index in [9.17, 15) is 9.59 Å². The summed E-state index contributed by atoms with van der Waals surface area (Å²) in [6, 6.07) is 7.75. The van der Waals surface area contributed by atoms with E-state index >= 15 is 0 Å². The SMILES string of the molecule is CCc1nn(C)c(NC(=O)N2CCC[C@@]3(C2)C(=O)N(C)c2ccccc23)c1C. The standard InChI is InChI=1S/C21H27N5O2/c1-5-16-14(2)18(25(4)23-16)22-20(28)26-12-8-11-21(13-26)15-9-6-7-10-17(15)24(3)19(21)27/h6-7,9-10H,5,8,11-13H2,1-4H3,(H,22,28)/t21-/m0/s1. The molecule has 148 valence electrons. The number of likely N-dealkylation sites (N-methyl/N-ethyl adjacent to an activating group) is 1. The summed E-state index contributed by atoms with van der Waals surface area (Å²) in [5, 5.41) is 7.49. The summed E-state index contributed by atoms with van der Waals surface area (Å²) in [5.74, 6) is 0.799. The molecule has 0 unspecified atom stereocenters. The summed E-state index contributed by atoms with van der Waals surface area (Å²) in [4.78, 5) is 29.7.